The molecule has 1 rings (SSSR count). The second kappa shape index (κ2) is 2.89. The Bertz CT molecular complexity index is 403. The molecular formula is C5H4ClN2O3S-. The van der Waals surface area contributed by atoms with Crippen molar-refractivity contribution in [2.45, 2.75) is 4.90 Å². The first kappa shape index (κ1) is 9.24. The van der Waals surface area contributed by atoms with Crippen LogP contribution in [0.5, 0.6) is 0 Å². The Morgan fingerprint density at radius 1 is 1.58 bits per heavy atom. The van der Waals surface area contributed by atoms with E-state index in [0.717, 1.165) is 12.3 Å². The summed E-state index contributed by atoms with van der Waals surface area (Å²) in [7, 11) is -4.49. The summed E-state index contributed by atoms with van der Waals surface area (Å²) in [6, 6.07) is 0.965. The second-order valence-corrected chi connectivity index (χ2v) is 3.78. The lowest BCUT2D eigenvalue weighted by molar-refractivity contribution is 0.462. The Hall–Kier alpha value is -0.850. The normalized spacial score (nSPS) is 11.5. The smallest absolute Gasteiger partial charge is 0.142 e. The van der Waals surface area contributed by atoms with E-state index in [1.165, 1.54) is 0 Å². The first-order chi connectivity index (χ1) is 5.41. The average Bonchev–Trinajstić information content (AvgIpc) is 1.92. The molecule has 1 aromatic heterocycles. The van der Waals surface area contributed by atoms with Crippen molar-refractivity contribution in [3.8, 4) is 0 Å². The SMILES string of the molecule is Nc1ncc(S(=O)(=O)[O-])cc1Cl. The van der Waals surface area contributed by atoms with Gasteiger partial charge in [-0.15, -0.1) is 0 Å². The van der Waals surface area contributed by atoms with Gasteiger partial charge in [0, 0.05) is 6.20 Å². The monoisotopic (exact) mass is 207 g/mol. The van der Waals surface area contributed by atoms with Crippen LogP contribution >= 0.6 is 11.6 Å². The van der Waals surface area contributed by atoms with Crippen LogP contribution in [0.15, 0.2) is 17.2 Å². The maximum Gasteiger partial charge on any atom is 0.142 e. The van der Waals surface area contributed by atoms with Crippen molar-refractivity contribution in [3.05, 3.63) is 17.3 Å². The molecule has 2 N–H and O–H groups in total. The predicted molar refractivity (Wildman–Crippen MR) is 41.6 cm³/mol. The van der Waals surface area contributed by atoms with Gasteiger partial charge in [0.05, 0.1) is 9.92 Å². The lowest BCUT2D eigenvalue weighted by Crippen LogP contribution is -2.01. The van der Waals surface area contributed by atoms with Gasteiger partial charge in [-0.1, -0.05) is 11.6 Å². The highest BCUT2D eigenvalue weighted by Gasteiger charge is 2.04. The fourth-order valence-corrected chi connectivity index (χ4v) is 1.24. The van der Waals surface area contributed by atoms with E-state index in [-0.39, 0.29) is 10.8 Å². The zero-order chi connectivity index (χ0) is 9.35. The van der Waals surface area contributed by atoms with Gasteiger partial charge in [-0.2, -0.15) is 0 Å². The van der Waals surface area contributed by atoms with Gasteiger partial charge in [0.2, 0.25) is 0 Å². The minimum atomic E-state index is -4.49. The zero-order valence-electron chi connectivity index (χ0n) is 5.69. The maximum absolute atomic E-state index is 10.4. The van der Waals surface area contributed by atoms with Crippen molar-refractivity contribution in [1.82, 2.24) is 4.98 Å². The van der Waals surface area contributed by atoms with Crippen molar-refractivity contribution < 1.29 is 13.0 Å². The fraction of sp³-hybridized carbons (Fsp3) is 0. The summed E-state index contributed by atoms with van der Waals surface area (Å²) in [6.45, 7) is 0. The average molecular weight is 208 g/mol. The highest BCUT2D eigenvalue weighted by Crippen LogP contribution is 2.19. The summed E-state index contributed by atoms with van der Waals surface area (Å²) in [6.07, 6.45) is 0.865. The summed E-state index contributed by atoms with van der Waals surface area (Å²) in [5.41, 5.74) is 5.19. The quantitative estimate of drug-likeness (QED) is 0.665. The van der Waals surface area contributed by atoms with Crippen molar-refractivity contribution in [2.24, 2.45) is 0 Å². The Morgan fingerprint density at radius 3 is 2.58 bits per heavy atom. The van der Waals surface area contributed by atoms with Crippen molar-refractivity contribution in [3.63, 3.8) is 0 Å². The molecule has 0 atom stereocenters. The van der Waals surface area contributed by atoms with Crippen LogP contribution in [0.1, 0.15) is 0 Å². The number of rotatable bonds is 1. The number of pyridine rings is 1. The van der Waals surface area contributed by atoms with Crippen molar-refractivity contribution >= 4 is 27.5 Å². The minimum absolute atomic E-state index is 0.0101. The Balaban J connectivity index is 3.33. The molecule has 0 spiro atoms. The van der Waals surface area contributed by atoms with Crippen molar-refractivity contribution in [1.29, 1.82) is 0 Å². The molecule has 0 saturated carbocycles. The molecule has 1 aromatic rings. The highest BCUT2D eigenvalue weighted by atomic mass is 35.5. The highest BCUT2D eigenvalue weighted by molar-refractivity contribution is 7.85. The molecule has 0 fully saturated rings. The molecule has 5 nitrogen and oxygen atoms in total. The number of hydrogen-bond acceptors (Lipinski definition) is 5. The molecular weight excluding hydrogens is 204 g/mol. The largest absolute Gasteiger partial charge is 0.744 e. The topological polar surface area (TPSA) is 96.1 Å². The van der Waals surface area contributed by atoms with Crippen LogP contribution in [-0.2, 0) is 10.1 Å². The van der Waals surface area contributed by atoms with Crippen molar-refractivity contribution in [2.75, 3.05) is 5.73 Å². The van der Waals surface area contributed by atoms with E-state index in [1.54, 1.807) is 0 Å². The molecule has 0 bridgehead atoms. The Labute approximate surface area is 73.9 Å². The van der Waals surface area contributed by atoms with E-state index >= 15 is 0 Å². The molecule has 0 amide bonds. The molecule has 66 valence electrons. The number of nitrogens with two attached hydrogens (primary N) is 1. The summed E-state index contributed by atoms with van der Waals surface area (Å²) in [5, 5.41) is -0.0491. The number of halogens is 1. The van der Waals surface area contributed by atoms with Gasteiger partial charge < -0.3 is 10.3 Å². The van der Waals surface area contributed by atoms with E-state index in [9.17, 15) is 13.0 Å². The summed E-state index contributed by atoms with van der Waals surface area (Å²) < 4.78 is 31.2. The number of anilines is 1. The van der Waals surface area contributed by atoms with E-state index in [0.29, 0.717) is 0 Å². The number of hydrogen-bond donors (Lipinski definition) is 1. The lowest BCUT2D eigenvalue weighted by atomic mass is 10.5. The molecule has 0 aromatic carbocycles. The Morgan fingerprint density at radius 2 is 2.17 bits per heavy atom. The van der Waals surface area contributed by atoms with Gasteiger partial charge in [0.1, 0.15) is 15.9 Å². The summed E-state index contributed by atoms with van der Waals surface area (Å²) in [4.78, 5) is 2.93. The number of nitrogen functional groups attached to an aromatic ring is 1. The second-order valence-electron chi connectivity index (χ2n) is 1.99. The first-order valence-corrected chi connectivity index (χ1v) is 4.57. The molecule has 7 heteroatoms. The molecule has 0 aliphatic rings. The van der Waals surface area contributed by atoms with Gasteiger partial charge in [0.15, 0.2) is 0 Å². The van der Waals surface area contributed by atoms with Crippen LogP contribution in [0, 0.1) is 0 Å². The molecule has 0 aliphatic heterocycles. The third kappa shape index (κ3) is 1.84. The summed E-state index contributed by atoms with van der Waals surface area (Å²) in [5.74, 6) is -0.0101. The minimum Gasteiger partial charge on any atom is -0.744 e. The third-order valence-corrected chi connectivity index (χ3v) is 2.24. The van der Waals surface area contributed by atoms with Crippen LogP contribution < -0.4 is 5.73 Å². The van der Waals surface area contributed by atoms with Crippen LogP contribution in [0.25, 0.3) is 0 Å². The molecule has 12 heavy (non-hydrogen) atoms. The molecule has 0 radical (unpaired) electrons. The molecule has 0 saturated heterocycles. The first-order valence-electron chi connectivity index (χ1n) is 2.78. The van der Waals surface area contributed by atoms with Crippen LogP contribution in [0.2, 0.25) is 5.02 Å². The van der Waals surface area contributed by atoms with Gasteiger partial charge in [-0.25, -0.2) is 13.4 Å². The lowest BCUT2D eigenvalue weighted by Gasteiger charge is -2.06. The Kier molecular flexibility index (Phi) is 2.22. The summed E-state index contributed by atoms with van der Waals surface area (Å²) >= 11 is 5.43. The van der Waals surface area contributed by atoms with E-state index in [4.69, 9.17) is 17.3 Å². The van der Waals surface area contributed by atoms with Crippen LogP contribution in [-0.4, -0.2) is 18.0 Å². The molecule has 0 aliphatic carbocycles. The number of nitrogens with zero attached hydrogens (tertiary/aromatic N) is 1. The number of aromatic nitrogens is 1. The van der Waals surface area contributed by atoms with E-state index < -0.39 is 15.0 Å². The van der Waals surface area contributed by atoms with Gasteiger partial charge in [-0.3, -0.25) is 0 Å². The predicted octanol–water partition coefficient (Wildman–Crippen LogP) is 0.221. The van der Waals surface area contributed by atoms with Gasteiger partial charge in [0.25, 0.3) is 0 Å². The third-order valence-electron chi connectivity index (χ3n) is 1.13. The molecule has 0 unspecified atom stereocenters. The van der Waals surface area contributed by atoms with Crippen LogP contribution in [0.3, 0.4) is 0 Å². The van der Waals surface area contributed by atoms with Crippen LogP contribution in [0.4, 0.5) is 5.82 Å². The maximum atomic E-state index is 10.4. The van der Waals surface area contributed by atoms with E-state index in [2.05, 4.69) is 4.98 Å². The van der Waals surface area contributed by atoms with Gasteiger partial charge in [-0.05, 0) is 6.07 Å². The standard InChI is InChI=1S/C5H5ClN2O3S/c6-4-1-3(12(9,10)11)2-8-5(4)7/h1-2H,(H2,7,8)(H,9,10,11)/p-1. The fourth-order valence-electron chi connectivity index (χ4n) is 0.568. The zero-order valence-corrected chi connectivity index (χ0v) is 7.26. The molecule has 1 heterocycles. The van der Waals surface area contributed by atoms with Gasteiger partial charge >= 0.3 is 0 Å². The van der Waals surface area contributed by atoms with E-state index in [1.807, 2.05) is 0 Å².